The minimum atomic E-state index is -0.569. The first-order valence-corrected chi connectivity index (χ1v) is 10.6. The molecule has 4 aliphatic carbocycles. The molecule has 4 aliphatic rings. The van der Waals surface area contributed by atoms with Gasteiger partial charge in [-0.2, -0.15) is 0 Å². The summed E-state index contributed by atoms with van der Waals surface area (Å²) in [4.78, 5) is 37.0. The van der Waals surface area contributed by atoms with Crippen LogP contribution in [0.2, 0.25) is 0 Å². The van der Waals surface area contributed by atoms with Crippen molar-refractivity contribution in [3.8, 4) is 0 Å². The zero-order valence-corrected chi connectivity index (χ0v) is 17.5. The molecule has 4 bridgehead atoms. The fourth-order valence-electron chi connectivity index (χ4n) is 6.05. The molecule has 28 heavy (non-hydrogen) atoms. The summed E-state index contributed by atoms with van der Waals surface area (Å²) in [7, 11) is 0. The van der Waals surface area contributed by atoms with Crippen molar-refractivity contribution in [1.82, 2.24) is 5.32 Å². The standard InChI is InChI=1S/C21H25BrN2O4/c1-13(25)24-21-9-14-6-15(10-21)8-20(7-14,12-21)19(27)28-11-18(26)23-17-5-3-2-4-16(17)22/h2-5,14-15H,6-12H2,1H3,(H,23,26)(H,24,25)/t14-,15-,20?,21?/m1/s1. The first-order valence-electron chi connectivity index (χ1n) is 9.80. The smallest absolute Gasteiger partial charge is 0.312 e. The monoisotopic (exact) mass is 448 g/mol. The van der Waals surface area contributed by atoms with E-state index in [0.717, 1.165) is 36.6 Å². The Hall–Kier alpha value is -1.89. The lowest BCUT2D eigenvalue weighted by atomic mass is 9.47. The van der Waals surface area contributed by atoms with Gasteiger partial charge in [-0.1, -0.05) is 12.1 Å². The molecule has 0 heterocycles. The highest BCUT2D eigenvalue weighted by atomic mass is 79.9. The van der Waals surface area contributed by atoms with Gasteiger partial charge in [-0.05, 0) is 78.4 Å². The molecule has 4 fully saturated rings. The number of hydrogen-bond donors (Lipinski definition) is 2. The molecule has 1 aromatic carbocycles. The summed E-state index contributed by atoms with van der Waals surface area (Å²) in [6.07, 6.45) is 5.24. The average Bonchev–Trinajstić information content (AvgIpc) is 2.59. The molecule has 5 rings (SSSR count). The minimum Gasteiger partial charge on any atom is -0.455 e. The van der Waals surface area contributed by atoms with Crippen LogP contribution in [0.5, 0.6) is 0 Å². The van der Waals surface area contributed by atoms with E-state index in [2.05, 4.69) is 26.6 Å². The summed E-state index contributed by atoms with van der Waals surface area (Å²) in [6, 6.07) is 7.29. The SMILES string of the molecule is CC(=O)NC12C[C@@H]3C[C@@H](C1)CC(C(=O)OCC(=O)Nc1ccccc1Br)(C3)C2. The number of esters is 1. The lowest BCUT2D eigenvalue weighted by molar-refractivity contribution is -0.176. The Morgan fingerprint density at radius 1 is 1.14 bits per heavy atom. The van der Waals surface area contributed by atoms with E-state index < -0.39 is 5.41 Å². The Kier molecular flexibility index (Phi) is 4.98. The van der Waals surface area contributed by atoms with Gasteiger partial charge in [0.1, 0.15) is 0 Å². The molecular formula is C21H25BrN2O4. The van der Waals surface area contributed by atoms with E-state index in [1.165, 1.54) is 6.92 Å². The van der Waals surface area contributed by atoms with Crippen LogP contribution < -0.4 is 10.6 Å². The van der Waals surface area contributed by atoms with Crippen molar-refractivity contribution in [2.24, 2.45) is 17.3 Å². The van der Waals surface area contributed by atoms with E-state index in [1.54, 1.807) is 6.07 Å². The largest absolute Gasteiger partial charge is 0.455 e. The Balaban J connectivity index is 1.41. The van der Waals surface area contributed by atoms with Gasteiger partial charge in [0.2, 0.25) is 5.91 Å². The number of carbonyl (C=O) groups is 3. The summed E-state index contributed by atoms with van der Waals surface area (Å²) in [5.74, 6) is 0.183. The predicted octanol–water partition coefficient (Wildman–Crippen LogP) is 3.41. The van der Waals surface area contributed by atoms with Crippen molar-refractivity contribution in [2.75, 3.05) is 11.9 Å². The maximum Gasteiger partial charge on any atom is 0.312 e. The fraction of sp³-hybridized carbons (Fsp3) is 0.571. The topological polar surface area (TPSA) is 84.5 Å². The van der Waals surface area contributed by atoms with Gasteiger partial charge in [0.05, 0.1) is 11.1 Å². The minimum absolute atomic E-state index is 0.0433. The first-order chi connectivity index (χ1) is 13.3. The van der Waals surface area contributed by atoms with Crippen molar-refractivity contribution in [3.05, 3.63) is 28.7 Å². The third-order valence-electron chi connectivity index (χ3n) is 6.42. The van der Waals surface area contributed by atoms with Crippen molar-refractivity contribution < 1.29 is 19.1 Å². The van der Waals surface area contributed by atoms with E-state index in [4.69, 9.17) is 4.74 Å². The van der Waals surface area contributed by atoms with Crippen LogP contribution in [0.3, 0.4) is 0 Å². The van der Waals surface area contributed by atoms with Gasteiger partial charge >= 0.3 is 5.97 Å². The molecule has 0 radical (unpaired) electrons. The number of anilines is 1. The molecule has 0 aromatic heterocycles. The van der Waals surface area contributed by atoms with E-state index in [1.807, 2.05) is 18.2 Å². The van der Waals surface area contributed by atoms with Crippen molar-refractivity contribution in [3.63, 3.8) is 0 Å². The third-order valence-corrected chi connectivity index (χ3v) is 7.11. The summed E-state index contributed by atoms with van der Waals surface area (Å²) in [5, 5.41) is 5.89. The summed E-state index contributed by atoms with van der Waals surface area (Å²) >= 11 is 3.38. The van der Waals surface area contributed by atoms with E-state index >= 15 is 0 Å². The van der Waals surface area contributed by atoms with Gasteiger partial charge < -0.3 is 15.4 Å². The van der Waals surface area contributed by atoms with Crippen LogP contribution in [0.25, 0.3) is 0 Å². The van der Waals surface area contributed by atoms with Crippen LogP contribution in [-0.4, -0.2) is 29.9 Å². The summed E-state index contributed by atoms with van der Waals surface area (Å²) in [6.45, 7) is 1.24. The molecule has 4 saturated carbocycles. The molecule has 0 aliphatic heterocycles. The Morgan fingerprint density at radius 3 is 2.46 bits per heavy atom. The lowest BCUT2D eigenvalue weighted by Crippen LogP contribution is -2.64. The molecule has 1 aromatic rings. The van der Waals surface area contributed by atoms with Gasteiger partial charge in [0.15, 0.2) is 6.61 Å². The highest BCUT2D eigenvalue weighted by Crippen LogP contribution is 2.62. The van der Waals surface area contributed by atoms with Gasteiger partial charge in [-0.15, -0.1) is 0 Å². The molecule has 0 unspecified atom stereocenters. The molecule has 150 valence electrons. The second kappa shape index (κ2) is 7.17. The van der Waals surface area contributed by atoms with Crippen molar-refractivity contribution in [2.45, 2.75) is 51.0 Å². The van der Waals surface area contributed by atoms with Crippen LogP contribution in [-0.2, 0) is 19.1 Å². The highest BCUT2D eigenvalue weighted by Gasteiger charge is 2.61. The average molecular weight is 449 g/mol. The number of ether oxygens (including phenoxy) is 1. The van der Waals surface area contributed by atoms with Crippen LogP contribution in [0.4, 0.5) is 5.69 Å². The molecule has 0 spiro atoms. The van der Waals surface area contributed by atoms with Crippen molar-refractivity contribution in [1.29, 1.82) is 0 Å². The lowest BCUT2D eigenvalue weighted by Gasteiger charge is -2.60. The third kappa shape index (κ3) is 3.69. The number of halogens is 1. The number of nitrogens with one attached hydrogen (secondary N) is 2. The van der Waals surface area contributed by atoms with Crippen molar-refractivity contribution >= 4 is 39.4 Å². The van der Waals surface area contributed by atoms with Crippen LogP contribution in [0, 0.1) is 17.3 Å². The molecule has 2 amide bonds. The van der Waals surface area contributed by atoms with Gasteiger partial charge in [0, 0.05) is 16.9 Å². The Morgan fingerprint density at radius 2 is 1.82 bits per heavy atom. The maximum absolute atomic E-state index is 13.0. The highest BCUT2D eigenvalue weighted by molar-refractivity contribution is 9.10. The van der Waals surface area contributed by atoms with Gasteiger partial charge in [-0.3, -0.25) is 14.4 Å². The number of para-hydroxylation sites is 1. The van der Waals surface area contributed by atoms with E-state index in [0.29, 0.717) is 23.9 Å². The molecule has 7 heteroatoms. The Labute approximate surface area is 172 Å². The second-order valence-corrected chi connectivity index (χ2v) is 9.66. The van der Waals surface area contributed by atoms with E-state index in [9.17, 15) is 14.4 Å². The fourth-order valence-corrected chi connectivity index (χ4v) is 6.44. The van der Waals surface area contributed by atoms with Crippen LogP contribution in [0.1, 0.15) is 45.4 Å². The summed E-state index contributed by atoms with van der Waals surface area (Å²) < 4.78 is 6.24. The number of hydrogen-bond acceptors (Lipinski definition) is 4. The molecular weight excluding hydrogens is 424 g/mol. The zero-order valence-electron chi connectivity index (χ0n) is 15.9. The number of carbonyl (C=O) groups excluding carboxylic acids is 3. The number of rotatable bonds is 5. The second-order valence-electron chi connectivity index (χ2n) is 8.81. The molecule has 2 atom stereocenters. The quantitative estimate of drug-likeness (QED) is 0.675. The van der Waals surface area contributed by atoms with Crippen LogP contribution >= 0.6 is 15.9 Å². The molecule has 0 saturated heterocycles. The van der Waals surface area contributed by atoms with Gasteiger partial charge in [0.25, 0.3) is 5.91 Å². The maximum atomic E-state index is 13.0. The summed E-state index contributed by atoms with van der Waals surface area (Å²) in [5.41, 5.74) is -0.213. The zero-order chi connectivity index (χ0) is 19.9. The normalized spacial score (nSPS) is 32.6. The number of benzene rings is 1. The first kappa shape index (κ1) is 19.4. The molecule has 2 N–H and O–H groups in total. The Bertz CT molecular complexity index is 810. The number of amides is 2. The predicted molar refractivity (Wildman–Crippen MR) is 107 cm³/mol. The molecule has 6 nitrogen and oxygen atoms in total. The van der Waals surface area contributed by atoms with E-state index in [-0.39, 0.29) is 29.9 Å². The van der Waals surface area contributed by atoms with Gasteiger partial charge in [-0.25, -0.2) is 0 Å². The van der Waals surface area contributed by atoms with Crippen LogP contribution in [0.15, 0.2) is 28.7 Å².